The van der Waals surface area contributed by atoms with Gasteiger partial charge >= 0.3 is 90.4 Å². The van der Waals surface area contributed by atoms with Crippen LogP contribution in [0.25, 0.3) is 0 Å². The van der Waals surface area contributed by atoms with Crippen molar-refractivity contribution in [1.29, 1.82) is 0 Å². The number of nitrogens with one attached hydrogen (secondary N) is 1. The fourth-order valence-electron chi connectivity index (χ4n) is 1.01. The minimum atomic E-state index is -1.03. The number of amides is 1. The molecular weight excluding hydrogens is 245 g/mol. The zero-order valence-corrected chi connectivity index (χ0v) is 9.53. The molecule has 0 bridgehead atoms. The van der Waals surface area contributed by atoms with Gasteiger partial charge in [0.05, 0.1) is 0 Å². The van der Waals surface area contributed by atoms with Crippen molar-refractivity contribution in [3.63, 3.8) is 0 Å². The van der Waals surface area contributed by atoms with Crippen LogP contribution in [0.1, 0.15) is 5.56 Å². The molecule has 5 heteroatoms. The van der Waals surface area contributed by atoms with E-state index in [9.17, 15) is 4.79 Å². The Morgan fingerprint density at radius 1 is 1.64 bits per heavy atom. The number of ether oxygens (including phenoxy) is 1. The first-order valence-electron chi connectivity index (χ1n) is 3.96. The summed E-state index contributed by atoms with van der Waals surface area (Å²) in [6, 6.07) is 5.53. The minimum absolute atomic E-state index is 0.291. The normalized spacial score (nSPS) is 9.57. The molecule has 1 aromatic carbocycles. The molecule has 4 nitrogen and oxygen atoms in total. The van der Waals surface area contributed by atoms with Gasteiger partial charge in [-0.2, -0.15) is 0 Å². The van der Waals surface area contributed by atoms with Gasteiger partial charge in [0.25, 0.3) is 0 Å². The van der Waals surface area contributed by atoms with Crippen LogP contribution in [0.2, 0.25) is 0 Å². The molecule has 1 aromatic rings. The van der Waals surface area contributed by atoms with Gasteiger partial charge in [0, 0.05) is 0 Å². The average molecular weight is 255 g/mol. The van der Waals surface area contributed by atoms with Crippen molar-refractivity contribution < 1.29 is 14.6 Å². The Balaban J connectivity index is 2.74. The molecular formula is C9H10AsNO3. The molecule has 74 valence electrons. The fourth-order valence-corrected chi connectivity index (χ4v) is 1.49. The predicted molar refractivity (Wildman–Crippen MR) is 53.2 cm³/mol. The molecule has 1 rings (SSSR count). The number of hydrogen-bond acceptors (Lipinski definition) is 2. The summed E-state index contributed by atoms with van der Waals surface area (Å²) in [5, 5.41) is 10.7. The Hall–Kier alpha value is -1.15. The van der Waals surface area contributed by atoms with Crippen molar-refractivity contribution in [3.8, 4) is 5.75 Å². The number of hydrogen-bond donors (Lipinski definition) is 2. The van der Waals surface area contributed by atoms with Gasteiger partial charge in [0.1, 0.15) is 0 Å². The molecule has 2 radical (unpaired) electrons. The van der Waals surface area contributed by atoms with Gasteiger partial charge in [-0.25, -0.2) is 0 Å². The first-order valence-corrected chi connectivity index (χ1v) is 4.90. The summed E-state index contributed by atoms with van der Waals surface area (Å²) >= 11 is 2.39. The molecule has 0 aliphatic carbocycles. The molecule has 0 saturated carbocycles. The van der Waals surface area contributed by atoms with Crippen LogP contribution in [0, 0.1) is 0 Å². The van der Waals surface area contributed by atoms with Crippen LogP contribution in [0.5, 0.6) is 5.75 Å². The van der Waals surface area contributed by atoms with Crippen LogP contribution >= 0.6 is 0 Å². The first-order chi connectivity index (χ1) is 6.63. The molecule has 0 aliphatic rings. The molecule has 2 N–H and O–H groups in total. The van der Waals surface area contributed by atoms with E-state index in [-0.39, 0.29) is 0 Å². The van der Waals surface area contributed by atoms with E-state index in [2.05, 4.69) is 22.2 Å². The van der Waals surface area contributed by atoms with Crippen LogP contribution in [0.3, 0.4) is 0 Å². The Kier molecular flexibility index (Phi) is 3.83. The van der Waals surface area contributed by atoms with E-state index in [1.165, 1.54) is 0 Å². The van der Waals surface area contributed by atoms with Crippen molar-refractivity contribution in [1.82, 2.24) is 5.32 Å². The standard InChI is InChI=1S/C9H10AsNO3/c1-14-8-4-6(2-3-7(8)10)5-11-9(12)13/h2-4,11H,5H2,1H3,(H,12,13). The van der Waals surface area contributed by atoms with E-state index in [1.54, 1.807) is 7.11 Å². The van der Waals surface area contributed by atoms with E-state index in [4.69, 9.17) is 9.84 Å². The average Bonchev–Trinajstić information content (AvgIpc) is 2.16. The summed E-state index contributed by atoms with van der Waals surface area (Å²) in [5.74, 6) is 0.745. The summed E-state index contributed by atoms with van der Waals surface area (Å²) in [4.78, 5) is 10.2. The van der Waals surface area contributed by atoms with E-state index in [1.807, 2.05) is 18.2 Å². The molecule has 0 aromatic heterocycles. The quantitative estimate of drug-likeness (QED) is 0.761. The Morgan fingerprint density at radius 2 is 2.36 bits per heavy atom. The number of carboxylic acid groups (broad SMARTS) is 1. The maximum atomic E-state index is 10.2. The van der Waals surface area contributed by atoms with Crippen molar-refractivity contribution in [2.75, 3.05) is 7.11 Å². The molecule has 0 atom stereocenters. The van der Waals surface area contributed by atoms with Crippen LogP contribution in [-0.4, -0.2) is 35.2 Å². The summed E-state index contributed by atoms with van der Waals surface area (Å²) in [5.41, 5.74) is 0.874. The van der Waals surface area contributed by atoms with Gasteiger partial charge in [-0.1, -0.05) is 0 Å². The molecule has 0 unspecified atom stereocenters. The van der Waals surface area contributed by atoms with Crippen LogP contribution in [0.15, 0.2) is 18.2 Å². The summed E-state index contributed by atoms with van der Waals surface area (Å²) in [7, 11) is 1.58. The summed E-state index contributed by atoms with van der Waals surface area (Å²) < 4.78 is 6.07. The third-order valence-electron chi connectivity index (χ3n) is 1.69. The second-order valence-corrected chi connectivity index (χ2v) is 3.68. The molecule has 0 aliphatic heterocycles. The second-order valence-electron chi connectivity index (χ2n) is 2.66. The zero-order valence-electron chi connectivity index (χ0n) is 7.65. The van der Waals surface area contributed by atoms with Gasteiger partial charge < -0.3 is 0 Å². The maximum absolute atomic E-state index is 10.2. The van der Waals surface area contributed by atoms with Gasteiger partial charge in [-0.15, -0.1) is 0 Å². The van der Waals surface area contributed by atoms with Gasteiger partial charge in [-0.3, -0.25) is 0 Å². The Bertz CT molecular complexity index is 341. The number of methoxy groups -OCH3 is 1. The van der Waals surface area contributed by atoms with E-state index in [0.29, 0.717) is 6.54 Å². The third-order valence-corrected chi connectivity index (χ3v) is 2.46. The molecule has 14 heavy (non-hydrogen) atoms. The van der Waals surface area contributed by atoms with E-state index in [0.717, 1.165) is 15.7 Å². The first kappa shape index (κ1) is 10.9. The molecule has 0 fully saturated rings. The van der Waals surface area contributed by atoms with Gasteiger partial charge in [0.15, 0.2) is 0 Å². The summed E-state index contributed by atoms with van der Waals surface area (Å²) in [6.07, 6.45) is -1.03. The molecule has 0 heterocycles. The third kappa shape index (κ3) is 2.96. The fraction of sp³-hybridized carbons (Fsp3) is 0.222. The van der Waals surface area contributed by atoms with Crippen molar-refractivity contribution in [3.05, 3.63) is 23.8 Å². The zero-order chi connectivity index (χ0) is 10.6. The topological polar surface area (TPSA) is 58.6 Å². The molecule has 0 saturated heterocycles. The van der Waals surface area contributed by atoms with E-state index >= 15 is 0 Å². The van der Waals surface area contributed by atoms with E-state index < -0.39 is 6.09 Å². The van der Waals surface area contributed by atoms with Crippen LogP contribution < -0.4 is 14.4 Å². The van der Waals surface area contributed by atoms with Crippen molar-refractivity contribution >= 4 is 27.3 Å². The number of benzene rings is 1. The van der Waals surface area contributed by atoms with Crippen molar-refractivity contribution in [2.24, 2.45) is 0 Å². The number of rotatable bonds is 3. The summed E-state index contributed by atoms with van der Waals surface area (Å²) in [6.45, 7) is 0.291. The Morgan fingerprint density at radius 3 is 2.93 bits per heavy atom. The van der Waals surface area contributed by atoms with Gasteiger partial charge in [-0.05, 0) is 0 Å². The SMILES string of the molecule is COc1cc(CNC(=O)O)ccc1[As]. The van der Waals surface area contributed by atoms with Crippen LogP contribution in [-0.2, 0) is 6.54 Å². The molecule has 0 spiro atoms. The van der Waals surface area contributed by atoms with Crippen molar-refractivity contribution in [2.45, 2.75) is 6.54 Å². The monoisotopic (exact) mass is 255 g/mol. The molecule has 1 amide bonds. The predicted octanol–water partition coefficient (Wildman–Crippen LogP) is 0.257. The van der Waals surface area contributed by atoms with Crippen LogP contribution in [0.4, 0.5) is 4.79 Å². The Labute approximate surface area is 90.8 Å². The second kappa shape index (κ2) is 4.91. The number of carbonyl (C=O) groups is 1. The van der Waals surface area contributed by atoms with Gasteiger partial charge in [0.2, 0.25) is 0 Å².